The Labute approximate surface area is 813 Å². The van der Waals surface area contributed by atoms with Gasteiger partial charge in [-0.05, 0) is 200 Å². The van der Waals surface area contributed by atoms with Crippen LogP contribution in [0.15, 0.2) is 131 Å². The van der Waals surface area contributed by atoms with Crippen LogP contribution in [0.2, 0.25) is 0 Å². The zero-order chi connectivity index (χ0) is 102. The molecule has 29 N–H and O–H groups in total. The van der Waals surface area contributed by atoms with Gasteiger partial charge in [0.05, 0.1) is 40.2 Å². The predicted molar refractivity (Wildman–Crippen MR) is 518 cm³/mol. The predicted octanol–water partition coefficient (Wildman–Crippen LogP) is -1.36. The number of benzene rings is 4. The number of aliphatic hydroxyl groups is 2. The second-order valence-electron chi connectivity index (χ2n) is 34.9. The van der Waals surface area contributed by atoms with Crippen LogP contribution in [0.3, 0.4) is 0 Å². The van der Waals surface area contributed by atoms with Crippen molar-refractivity contribution in [1.29, 1.82) is 0 Å². The molecule has 0 unspecified atom stereocenters. The standard InChI is InChI=1S/C94H131N25O20S/c1-52(2)47-70-86(131)108-65(33-40-95)81(126)107-68(36-43-98)85(130)116-77(54(5)120)88(133)102-46-37-69(84(129)106-66(34-41-96)83(128)113-71(87(132)112-70)48-56-17-9-8-10-18-56)109-82(127)67(35-42-97)111-90(135)78(55(6)121)115-75(123)32-31-74(122)114-76(53(3)4)89(134)110-64(21-15-45-103-91(99)136)80(125)105-59-25-23-57(24-26-59)50-139-93(138)104-51-94(38-16-39-94)117-92(137)119-72-49-60(140-73-22-12-11-20-62(73)79(124)100-7)28-29-61(72)63(118-119)30-27-58-19-13-14-44-101-58/h8-14,17-20,22-30,44,49,52-55,64-71,76-78,120-121H,15-16,21,31-43,45-48,50-51,95-98H2,1-7H3,(H,100,124)(H,102,133)(H,104,138)(H,105,125)(H,106,129)(H,107,126)(H,108,131)(H,109,127)(H,110,134)(H,111,135)(H,112,132)(H,113,128)(H,114,122)(H,115,123)(H,116,130)(H,117,137)(H3,99,103,136)/b30-27+/t54-,55-,64+,65+,66+,67+,68+,69+,70+,71-,76+,77+,78+/m1/s1. The third-order valence-corrected chi connectivity index (χ3v) is 24.0. The van der Waals surface area contributed by atoms with Gasteiger partial charge in [-0.15, -0.1) is 0 Å². The Hall–Kier alpha value is -14.1. The van der Waals surface area contributed by atoms with Crippen molar-refractivity contribution in [3.05, 3.63) is 150 Å². The Kier molecular flexibility index (Phi) is 44.1. The summed E-state index contributed by atoms with van der Waals surface area (Å²) >= 11 is 1.35. The molecule has 46 heteroatoms. The Bertz CT molecular complexity index is 5320. The van der Waals surface area contributed by atoms with Crippen molar-refractivity contribution in [3.63, 3.8) is 0 Å². The van der Waals surface area contributed by atoms with Crippen LogP contribution in [0, 0.1) is 11.8 Å². The fourth-order valence-electron chi connectivity index (χ4n) is 15.2. The Morgan fingerprint density at radius 1 is 0.600 bits per heavy atom. The average Bonchev–Trinajstić information content (AvgIpc) is 1.62. The normalized spacial score (nSPS) is 19.1. The fourth-order valence-corrected chi connectivity index (χ4v) is 16.1. The van der Waals surface area contributed by atoms with Crippen LogP contribution in [0.25, 0.3) is 23.1 Å². The number of aliphatic hydroxyl groups excluding tert-OH is 2. The summed E-state index contributed by atoms with van der Waals surface area (Å²) in [6.45, 7) is 7.35. The van der Waals surface area contributed by atoms with Crippen molar-refractivity contribution in [2.45, 2.75) is 232 Å². The second kappa shape index (κ2) is 55.5. The van der Waals surface area contributed by atoms with Gasteiger partial charge in [-0.3, -0.25) is 72.1 Å². The highest BCUT2D eigenvalue weighted by molar-refractivity contribution is 7.99. The van der Waals surface area contributed by atoms with Crippen LogP contribution in [-0.2, 0) is 80.1 Å². The van der Waals surface area contributed by atoms with E-state index in [4.69, 9.17) is 38.5 Å². The molecule has 1 saturated heterocycles. The van der Waals surface area contributed by atoms with Gasteiger partial charge in [0.25, 0.3) is 5.91 Å². The topological polar surface area (TPSA) is 705 Å². The molecule has 45 nitrogen and oxygen atoms in total. The number of fused-ring (bicyclic) bond motifs is 1. The molecular formula is C94H131N25O20S. The van der Waals surface area contributed by atoms with Crippen molar-refractivity contribution in [2.24, 2.45) is 40.5 Å². The zero-order valence-corrected chi connectivity index (χ0v) is 80.1. The molecule has 3 heterocycles. The number of carbonyl (C=O) groups is 17. The number of nitrogens with two attached hydrogens (primary N) is 5. The summed E-state index contributed by atoms with van der Waals surface area (Å²) in [6.07, 6.45) is -0.0938. The summed E-state index contributed by atoms with van der Waals surface area (Å²) in [4.78, 5) is 243. The van der Waals surface area contributed by atoms with Gasteiger partial charge in [-0.2, -0.15) is 9.78 Å². The fraction of sp³-hybridized carbons (Fsp3) is 0.479. The zero-order valence-electron chi connectivity index (χ0n) is 79.3. The SMILES string of the molecule is CNC(=O)c1ccccc1Sc1ccc2c(/C=C/c3ccccn3)nn(C(=O)NC3(CNC(=O)OCc4ccc(NC(=O)[C@H](CCCNC(N)=O)NC(=O)[C@@H](NC(=O)CCC(=O)N[C@H](C(=O)N[C@@H](CCN)C(=O)N[C@H]5CCNC(=O)[C@H]([C@@H](C)O)NC(=O)[C@H](CCN)NC(=O)[C@H](CCN)NC(=O)[C@H](CC(C)C)NC(=O)[C@@H](Cc6ccccc6)NC(=O)[C@H](CCN)NC5=O)[C@@H](C)O)C(C)C)cc4)CCC3)c2c1. The molecule has 0 bridgehead atoms. The number of hydrogen-bond acceptors (Lipinski definition) is 27. The molecule has 2 aromatic heterocycles. The number of pyridine rings is 1. The molecule has 758 valence electrons. The Morgan fingerprint density at radius 3 is 1.76 bits per heavy atom. The molecule has 13 atom stereocenters. The molecule has 2 aliphatic rings. The van der Waals surface area contributed by atoms with E-state index in [2.05, 4.69) is 95.4 Å². The summed E-state index contributed by atoms with van der Waals surface area (Å²) in [5, 5.41) is 71.5. The second-order valence-corrected chi connectivity index (χ2v) is 36.0. The summed E-state index contributed by atoms with van der Waals surface area (Å²) in [7, 11) is 1.55. The quantitative estimate of drug-likeness (QED) is 0.0197. The first kappa shape index (κ1) is 111. The number of hydrogen-bond donors (Lipinski definition) is 24. The first-order chi connectivity index (χ1) is 66.8. The van der Waals surface area contributed by atoms with Crippen LogP contribution >= 0.6 is 11.8 Å². The van der Waals surface area contributed by atoms with Gasteiger partial charge < -0.3 is 134 Å². The summed E-state index contributed by atoms with van der Waals surface area (Å²) in [6, 6.07) is 14.5. The van der Waals surface area contributed by atoms with Crippen LogP contribution in [0.1, 0.15) is 158 Å². The number of primary amides is 1. The smallest absolute Gasteiger partial charge is 0.407 e. The number of anilines is 1. The molecule has 6 aromatic rings. The van der Waals surface area contributed by atoms with Crippen molar-refractivity contribution in [2.75, 3.05) is 58.2 Å². The molecule has 0 spiro atoms. The molecule has 140 heavy (non-hydrogen) atoms. The van der Waals surface area contributed by atoms with E-state index in [1.54, 1.807) is 114 Å². The minimum atomic E-state index is -1.85. The molecule has 2 fully saturated rings. The monoisotopic (exact) mass is 1960 g/mol. The lowest BCUT2D eigenvalue weighted by molar-refractivity contribution is -0.136. The Morgan fingerprint density at radius 2 is 1.18 bits per heavy atom. The van der Waals surface area contributed by atoms with Gasteiger partial charge in [0.2, 0.25) is 76.8 Å². The molecule has 18 amide bonds. The third kappa shape index (κ3) is 34.5. The van der Waals surface area contributed by atoms with E-state index >= 15 is 0 Å². The molecule has 1 saturated carbocycles. The summed E-state index contributed by atoms with van der Waals surface area (Å²) in [5.41, 5.74) is 31.6. The molecule has 0 radical (unpaired) electrons. The van der Waals surface area contributed by atoms with Gasteiger partial charge >= 0.3 is 18.2 Å². The average molecular weight is 1960 g/mol. The number of nitrogens with one attached hydrogen (secondary N) is 17. The molecular weight excluding hydrogens is 1830 g/mol. The summed E-state index contributed by atoms with van der Waals surface area (Å²) < 4.78 is 6.87. The third-order valence-electron chi connectivity index (χ3n) is 23.0. The van der Waals surface area contributed by atoms with E-state index in [1.165, 1.54) is 35.5 Å². The first-order valence-electron chi connectivity index (χ1n) is 46.4. The van der Waals surface area contributed by atoms with Crippen LogP contribution in [-0.4, -0.2) is 263 Å². The van der Waals surface area contributed by atoms with Gasteiger partial charge in [-0.25, -0.2) is 14.4 Å². The number of amides is 18. The number of alkyl carbamates (subject to hydrolysis) is 1. The van der Waals surface area contributed by atoms with E-state index in [0.717, 1.165) is 18.2 Å². The van der Waals surface area contributed by atoms with Gasteiger partial charge in [-0.1, -0.05) is 100 Å². The minimum Gasteiger partial charge on any atom is -0.445 e. The molecule has 1 aliphatic heterocycles. The van der Waals surface area contributed by atoms with Crippen molar-refractivity contribution in [1.82, 2.24) is 99.8 Å². The van der Waals surface area contributed by atoms with E-state index < -0.39 is 211 Å². The van der Waals surface area contributed by atoms with Gasteiger partial charge in [0, 0.05) is 73.0 Å². The largest absolute Gasteiger partial charge is 0.445 e. The molecule has 8 rings (SSSR count). The highest BCUT2D eigenvalue weighted by Gasteiger charge is 2.42. The van der Waals surface area contributed by atoms with Gasteiger partial charge in [0.1, 0.15) is 73.1 Å². The van der Waals surface area contributed by atoms with E-state index in [0.29, 0.717) is 56.7 Å². The highest BCUT2D eigenvalue weighted by Crippen LogP contribution is 2.36. The lowest BCUT2D eigenvalue weighted by atomic mass is 9.76. The number of aromatic nitrogens is 3. The maximum absolute atomic E-state index is 14.8. The Balaban J connectivity index is 0.886. The lowest BCUT2D eigenvalue weighted by Gasteiger charge is -2.42. The lowest BCUT2D eigenvalue weighted by Crippen LogP contribution is -2.61. The van der Waals surface area contributed by atoms with E-state index in [9.17, 15) is 91.7 Å². The van der Waals surface area contributed by atoms with Crippen LogP contribution in [0.5, 0.6) is 0 Å². The van der Waals surface area contributed by atoms with Crippen LogP contribution < -0.4 is 119 Å². The van der Waals surface area contributed by atoms with Crippen LogP contribution in [0.4, 0.5) is 20.1 Å². The highest BCUT2D eigenvalue weighted by atomic mass is 32.2. The van der Waals surface area contributed by atoms with Crippen molar-refractivity contribution in [3.8, 4) is 0 Å². The first-order valence-corrected chi connectivity index (χ1v) is 47.2. The van der Waals surface area contributed by atoms with Gasteiger partial charge in [0.15, 0.2) is 0 Å². The molecule has 4 aromatic carbocycles. The van der Waals surface area contributed by atoms with Crippen molar-refractivity contribution >= 4 is 141 Å². The maximum atomic E-state index is 14.8. The van der Waals surface area contributed by atoms with E-state index in [-0.39, 0.29) is 115 Å². The molecule has 1 aliphatic carbocycles. The maximum Gasteiger partial charge on any atom is 0.407 e. The number of ether oxygens (including phenoxy) is 1. The van der Waals surface area contributed by atoms with E-state index in [1.807, 2.05) is 42.5 Å². The minimum absolute atomic E-state index is 0.00305. The number of urea groups is 1. The summed E-state index contributed by atoms with van der Waals surface area (Å²) in [5.74, 6) is -13.6. The number of nitrogens with zero attached hydrogens (tertiary/aromatic N) is 3. The van der Waals surface area contributed by atoms with Crippen molar-refractivity contribution < 1.29 is 96.5 Å². The number of carbonyl (C=O) groups excluding carboxylic acids is 17. The number of rotatable bonds is 42.